The van der Waals surface area contributed by atoms with Gasteiger partial charge in [0, 0.05) is 31.9 Å². The molecule has 1 unspecified atom stereocenters. The summed E-state index contributed by atoms with van der Waals surface area (Å²) in [4.78, 5) is 40.9. The van der Waals surface area contributed by atoms with Gasteiger partial charge in [-0.2, -0.15) is 0 Å². The van der Waals surface area contributed by atoms with Crippen molar-refractivity contribution in [1.29, 1.82) is 0 Å². The Bertz CT molecular complexity index is 875. The van der Waals surface area contributed by atoms with E-state index in [0.717, 1.165) is 0 Å². The summed E-state index contributed by atoms with van der Waals surface area (Å²) in [5, 5.41) is 5.45. The predicted molar refractivity (Wildman–Crippen MR) is 108 cm³/mol. The normalized spacial score (nSPS) is 15.1. The van der Waals surface area contributed by atoms with E-state index in [-0.39, 0.29) is 29.4 Å². The molecule has 160 valence electrons. The number of anilines is 1. The summed E-state index contributed by atoms with van der Waals surface area (Å²) in [6, 6.07) is 7.67. The van der Waals surface area contributed by atoms with E-state index in [9.17, 15) is 18.8 Å². The lowest BCUT2D eigenvalue weighted by Crippen LogP contribution is -2.57. The van der Waals surface area contributed by atoms with E-state index < -0.39 is 11.9 Å². The fourth-order valence-corrected chi connectivity index (χ4v) is 3.20. The predicted octanol–water partition coefficient (Wildman–Crippen LogP) is 2.55. The maximum absolute atomic E-state index is 13.0. The molecule has 0 radical (unpaired) electrons. The molecule has 0 spiro atoms. The van der Waals surface area contributed by atoms with Crippen LogP contribution in [0.5, 0.6) is 0 Å². The van der Waals surface area contributed by atoms with Crippen molar-refractivity contribution in [3.05, 3.63) is 54.2 Å². The Labute approximate surface area is 174 Å². The van der Waals surface area contributed by atoms with Gasteiger partial charge in [-0.05, 0) is 42.3 Å². The summed E-state index contributed by atoms with van der Waals surface area (Å²) < 4.78 is 18.1. The number of nitrogens with one attached hydrogen (secondary N) is 2. The molecule has 4 amide bonds. The Morgan fingerprint density at radius 2 is 1.63 bits per heavy atom. The zero-order valence-corrected chi connectivity index (χ0v) is 16.9. The number of hydrogen-bond donors (Lipinski definition) is 2. The van der Waals surface area contributed by atoms with E-state index in [4.69, 9.17) is 4.42 Å². The largest absolute Gasteiger partial charge is 0.459 e. The fourth-order valence-electron chi connectivity index (χ4n) is 3.20. The number of halogens is 1. The molecule has 2 aromatic rings. The molecule has 1 fully saturated rings. The second-order valence-corrected chi connectivity index (χ2v) is 7.42. The van der Waals surface area contributed by atoms with Gasteiger partial charge in [0.25, 0.3) is 5.91 Å². The smallest absolute Gasteiger partial charge is 0.321 e. The quantitative estimate of drug-likeness (QED) is 0.783. The highest BCUT2D eigenvalue weighted by atomic mass is 19.1. The lowest BCUT2D eigenvalue weighted by atomic mass is 10.0. The maximum atomic E-state index is 13.0. The van der Waals surface area contributed by atoms with E-state index >= 15 is 0 Å². The summed E-state index contributed by atoms with van der Waals surface area (Å²) in [6.07, 6.45) is 1.40. The molecule has 1 aliphatic rings. The molecule has 1 aromatic carbocycles. The second kappa shape index (κ2) is 9.43. The number of furan rings is 1. The van der Waals surface area contributed by atoms with E-state index in [2.05, 4.69) is 10.6 Å². The van der Waals surface area contributed by atoms with Gasteiger partial charge in [0.1, 0.15) is 11.9 Å². The molecule has 1 saturated heterocycles. The van der Waals surface area contributed by atoms with Gasteiger partial charge < -0.3 is 24.9 Å². The Balaban J connectivity index is 1.54. The minimum atomic E-state index is -0.692. The van der Waals surface area contributed by atoms with Crippen molar-refractivity contribution in [2.45, 2.75) is 19.9 Å². The number of benzene rings is 1. The molecule has 1 atom stereocenters. The number of piperazine rings is 1. The monoisotopic (exact) mass is 416 g/mol. The minimum Gasteiger partial charge on any atom is -0.459 e. The molecular weight excluding hydrogens is 391 g/mol. The molecule has 3 rings (SSSR count). The Morgan fingerprint density at radius 1 is 1.00 bits per heavy atom. The first-order valence-corrected chi connectivity index (χ1v) is 9.80. The molecule has 2 heterocycles. The van der Waals surface area contributed by atoms with Gasteiger partial charge in [0.05, 0.1) is 6.26 Å². The average Bonchev–Trinajstić information content (AvgIpc) is 3.28. The van der Waals surface area contributed by atoms with Crippen LogP contribution in [0.25, 0.3) is 0 Å². The Kier molecular flexibility index (Phi) is 6.71. The van der Waals surface area contributed by atoms with Crippen LogP contribution in [0.4, 0.5) is 14.9 Å². The number of carbonyl (C=O) groups excluding carboxylic acids is 3. The van der Waals surface area contributed by atoms with Crippen molar-refractivity contribution in [2.24, 2.45) is 5.92 Å². The molecular formula is C21H25FN4O4. The third kappa shape index (κ3) is 5.16. The van der Waals surface area contributed by atoms with Gasteiger partial charge in [-0.15, -0.1) is 0 Å². The Hall–Kier alpha value is -3.36. The highest BCUT2D eigenvalue weighted by Crippen LogP contribution is 2.13. The highest BCUT2D eigenvalue weighted by Gasteiger charge is 2.32. The number of hydrogen-bond acceptors (Lipinski definition) is 4. The van der Waals surface area contributed by atoms with Gasteiger partial charge in [-0.1, -0.05) is 13.8 Å². The summed E-state index contributed by atoms with van der Waals surface area (Å²) in [5.41, 5.74) is 0.500. The summed E-state index contributed by atoms with van der Waals surface area (Å²) >= 11 is 0. The first kappa shape index (κ1) is 21.4. The summed E-state index contributed by atoms with van der Waals surface area (Å²) in [6.45, 7) is 5.14. The minimum absolute atomic E-state index is 0.115. The third-order valence-corrected chi connectivity index (χ3v) is 4.94. The number of urea groups is 1. The van der Waals surface area contributed by atoms with Crippen molar-refractivity contribution in [2.75, 3.05) is 31.5 Å². The van der Waals surface area contributed by atoms with Crippen LogP contribution in [-0.4, -0.2) is 59.9 Å². The standard InChI is InChI=1S/C21H25FN4O4/c1-14(2)18(24-19(27)17-4-3-13-30-17)20(28)25-9-11-26(12-10-25)21(29)23-16-7-5-15(22)6-8-16/h3-8,13-14,18H,9-12H2,1-2H3,(H,23,29)(H,24,27). The molecule has 8 nitrogen and oxygen atoms in total. The number of rotatable bonds is 5. The zero-order chi connectivity index (χ0) is 21.7. The molecule has 2 N–H and O–H groups in total. The van der Waals surface area contributed by atoms with Crippen LogP contribution in [0.1, 0.15) is 24.4 Å². The number of amides is 4. The molecule has 0 bridgehead atoms. The van der Waals surface area contributed by atoms with Crippen LogP contribution in [0, 0.1) is 11.7 Å². The first-order chi connectivity index (χ1) is 14.3. The molecule has 30 heavy (non-hydrogen) atoms. The van der Waals surface area contributed by atoms with Crippen LogP contribution < -0.4 is 10.6 Å². The topological polar surface area (TPSA) is 94.9 Å². The van der Waals surface area contributed by atoms with Gasteiger partial charge in [0.15, 0.2) is 5.76 Å². The summed E-state index contributed by atoms with van der Waals surface area (Å²) in [7, 11) is 0. The van der Waals surface area contributed by atoms with Crippen molar-refractivity contribution in [3.8, 4) is 0 Å². The second-order valence-electron chi connectivity index (χ2n) is 7.42. The van der Waals surface area contributed by atoms with Gasteiger partial charge in [0.2, 0.25) is 5.91 Å². The van der Waals surface area contributed by atoms with Crippen LogP contribution in [0.15, 0.2) is 47.1 Å². The molecule has 1 aromatic heterocycles. The van der Waals surface area contributed by atoms with Gasteiger partial charge in [-0.3, -0.25) is 9.59 Å². The number of carbonyl (C=O) groups is 3. The zero-order valence-electron chi connectivity index (χ0n) is 16.9. The van der Waals surface area contributed by atoms with E-state index in [1.165, 1.54) is 36.6 Å². The van der Waals surface area contributed by atoms with Crippen molar-refractivity contribution in [1.82, 2.24) is 15.1 Å². The van der Waals surface area contributed by atoms with E-state index in [0.29, 0.717) is 31.9 Å². The van der Waals surface area contributed by atoms with Crippen molar-refractivity contribution < 1.29 is 23.2 Å². The van der Waals surface area contributed by atoms with Crippen molar-refractivity contribution in [3.63, 3.8) is 0 Å². The van der Waals surface area contributed by atoms with Crippen LogP contribution in [0.3, 0.4) is 0 Å². The lowest BCUT2D eigenvalue weighted by Gasteiger charge is -2.37. The highest BCUT2D eigenvalue weighted by molar-refractivity contribution is 5.95. The van der Waals surface area contributed by atoms with Crippen LogP contribution in [0.2, 0.25) is 0 Å². The lowest BCUT2D eigenvalue weighted by molar-refractivity contribution is -0.135. The number of nitrogens with zero attached hydrogens (tertiary/aromatic N) is 2. The first-order valence-electron chi connectivity index (χ1n) is 9.80. The van der Waals surface area contributed by atoms with Crippen LogP contribution in [-0.2, 0) is 4.79 Å². The van der Waals surface area contributed by atoms with Gasteiger partial charge in [-0.25, -0.2) is 9.18 Å². The molecule has 0 saturated carbocycles. The Morgan fingerprint density at radius 3 is 2.20 bits per heavy atom. The van der Waals surface area contributed by atoms with Gasteiger partial charge >= 0.3 is 6.03 Å². The SMILES string of the molecule is CC(C)C(NC(=O)c1ccco1)C(=O)N1CCN(C(=O)Nc2ccc(F)cc2)CC1. The van der Waals surface area contributed by atoms with Crippen LogP contribution >= 0.6 is 0 Å². The molecule has 9 heteroatoms. The van der Waals surface area contributed by atoms with Crippen molar-refractivity contribution >= 4 is 23.5 Å². The van der Waals surface area contributed by atoms with E-state index in [1.807, 2.05) is 13.8 Å². The molecule has 1 aliphatic heterocycles. The maximum Gasteiger partial charge on any atom is 0.321 e. The average molecular weight is 416 g/mol. The third-order valence-electron chi connectivity index (χ3n) is 4.94. The van der Waals surface area contributed by atoms with E-state index in [1.54, 1.807) is 15.9 Å². The summed E-state index contributed by atoms with van der Waals surface area (Å²) in [5.74, 6) is -0.973. The molecule has 0 aliphatic carbocycles. The fraction of sp³-hybridized carbons (Fsp3) is 0.381.